The first-order valence-corrected chi connectivity index (χ1v) is 9.90. The standard InChI is InChI=1S/C22H28N2O6/c1-11-8-9-17(26)21(28)16(25)7-5-6-14-19(22(29)30-12(11)2)18(27)10-15-20(14)23-13(3)24(15)4/h5-6,8-12,16-17,21,25-28H,7H2,1-4H3/t11-,12+,16+,17+,21+/m1/s1. The van der Waals surface area contributed by atoms with Crippen molar-refractivity contribution in [1.82, 2.24) is 9.55 Å². The normalized spacial score (nSPS) is 28.2. The maximum absolute atomic E-state index is 13.0. The molecule has 2 heterocycles. The molecule has 8 nitrogen and oxygen atoms in total. The van der Waals surface area contributed by atoms with Gasteiger partial charge in [0.05, 0.1) is 17.1 Å². The van der Waals surface area contributed by atoms with Crippen molar-refractivity contribution in [2.24, 2.45) is 13.0 Å². The highest BCUT2D eigenvalue weighted by Crippen LogP contribution is 2.33. The fraction of sp³-hybridized carbons (Fsp3) is 0.455. The molecule has 8 heteroatoms. The van der Waals surface area contributed by atoms with Crippen LogP contribution in [0.5, 0.6) is 5.75 Å². The van der Waals surface area contributed by atoms with E-state index in [4.69, 9.17) is 4.74 Å². The predicted octanol–water partition coefficient (Wildman–Crippen LogP) is 1.82. The number of imidazole rings is 1. The number of aromatic nitrogens is 2. The summed E-state index contributed by atoms with van der Waals surface area (Å²) in [6.45, 7) is 5.31. The Morgan fingerprint density at radius 3 is 2.60 bits per heavy atom. The van der Waals surface area contributed by atoms with E-state index in [0.29, 0.717) is 22.4 Å². The average Bonchev–Trinajstić information content (AvgIpc) is 2.98. The van der Waals surface area contributed by atoms with Crippen molar-refractivity contribution in [2.45, 2.75) is 51.6 Å². The lowest BCUT2D eigenvalue weighted by Gasteiger charge is -2.22. The third kappa shape index (κ3) is 4.12. The number of ether oxygens (including phenoxy) is 1. The molecule has 0 saturated carbocycles. The summed E-state index contributed by atoms with van der Waals surface area (Å²) < 4.78 is 7.37. The van der Waals surface area contributed by atoms with Crippen LogP contribution >= 0.6 is 0 Å². The zero-order valence-corrected chi connectivity index (χ0v) is 17.5. The predicted molar refractivity (Wildman–Crippen MR) is 112 cm³/mol. The number of aliphatic hydroxyl groups is 3. The van der Waals surface area contributed by atoms with Gasteiger partial charge in [0.15, 0.2) is 0 Å². The summed E-state index contributed by atoms with van der Waals surface area (Å²) in [5.41, 5.74) is 1.52. The van der Waals surface area contributed by atoms with Gasteiger partial charge in [0.2, 0.25) is 0 Å². The molecule has 3 rings (SSSR count). The Labute approximate surface area is 174 Å². The molecule has 0 saturated heterocycles. The summed E-state index contributed by atoms with van der Waals surface area (Å²) >= 11 is 0. The van der Waals surface area contributed by atoms with Crippen LogP contribution < -0.4 is 0 Å². The molecule has 4 N–H and O–H groups in total. The number of hydrogen-bond acceptors (Lipinski definition) is 7. The minimum absolute atomic E-state index is 0.00740. The van der Waals surface area contributed by atoms with Gasteiger partial charge < -0.3 is 29.7 Å². The molecule has 5 atom stereocenters. The number of cyclic esters (lactones) is 1. The van der Waals surface area contributed by atoms with E-state index in [1.165, 1.54) is 12.1 Å². The Morgan fingerprint density at radius 2 is 1.90 bits per heavy atom. The van der Waals surface area contributed by atoms with Crippen molar-refractivity contribution < 1.29 is 30.0 Å². The number of aromatic hydroxyl groups is 1. The number of benzene rings is 1. The number of hydrogen-bond donors (Lipinski definition) is 4. The fourth-order valence-corrected chi connectivity index (χ4v) is 3.41. The minimum Gasteiger partial charge on any atom is -0.507 e. The lowest BCUT2D eigenvalue weighted by molar-refractivity contribution is -0.0395. The summed E-state index contributed by atoms with van der Waals surface area (Å²) in [5, 5.41) is 41.2. The van der Waals surface area contributed by atoms with E-state index in [-0.39, 0.29) is 23.7 Å². The summed E-state index contributed by atoms with van der Waals surface area (Å²) in [6.07, 6.45) is 1.74. The molecule has 162 valence electrons. The van der Waals surface area contributed by atoms with Crippen molar-refractivity contribution in [2.75, 3.05) is 0 Å². The van der Waals surface area contributed by atoms with E-state index < -0.39 is 30.4 Å². The monoisotopic (exact) mass is 416 g/mol. The van der Waals surface area contributed by atoms with Gasteiger partial charge in [-0.15, -0.1) is 0 Å². The third-order valence-corrected chi connectivity index (χ3v) is 5.67. The van der Waals surface area contributed by atoms with Crippen molar-refractivity contribution in [1.29, 1.82) is 0 Å². The third-order valence-electron chi connectivity index (χ3n) is 5.67. The van der Waals surface area contributed by atoms with Crippen LogP contribution in [0.1, 0.15) is 42.0 Å². The molecule has 1 aromatic heterocycles. The highest BCUT2D eigenvalue weighted by atomic mass is 16.5. The van der Waals surface area contributed by atoms with Gasteiger partial charge in [-0.3, -0.25) is 0 Å². The van der Waals surface area contributed by atoms with Gasteiger partial charge in [-0.2, -0.15) is 0 Å². The highest BCUT2D eigenvalue weighted by Gasteiger charge is 2.27. The van der Waals surface area contributed by atoms with Gasteiger partial charge in [0.1, 0.15) is 35.4 Å². The maximum atomic E-state index is 13.0. The van der Waals surface area contributed by atoms with Gasteiger partial charge >= 0.3 is 5.97 Å². The molecule has 2 aromatic rings. The first-order valence-electron chi connectivity index (χ1n) is 9.90. The van der Waals surface area contributed by atoms with Crippen LogP contribution in [-0.2, 0) is 11.8 Å². The SMILES string of the molecule is Cc1nc2c3c(c(O)cc2n1C)C(=O)O[C@@H](C)[C@H](C)C=C[C@H](O)[C@@H](O)[C@@H](O)CC=C3. The molecule has 0 radical (unpaired) electrons. The molecule has 0 amide bonds. The Hall–Kier alpha value is -2.68. The van der Waals surface area contributed by atoms with Gasteiger partial charge in [-0.1, -0.05) is 31.2 Å². The number of carbonyl (C=O) groups excluding carboxylic acids is 1. The van der Waals surface area contributed by atoms with Crippen molar-refractivity contribution >= 4 is 23.1 Å². The number of fused-ring (bicyclic) bond motifs is 3. The second-order valence-electron chi connectivity index (χ2n) is 7.81. The molecule has 1 aromatic carbocycles. The van der Waals surface area contributed by atoms with Crippen LogP contribution in [0.15, 0.2) is 24.3 Å². The highest BCUT2D eigenvalue weighted by molar-refractivity contribution is 6.03. The van der Waals surface area contributed by atoms with E-state index in [2.05, 4.69) is 4.98 Å². The lowest BCUT2D eigenvalue weighted by Crippen LogP contribution is -2.36. The van der Waals surface area contributed by atoms with E-state index in [1.807, 2.05) is 6.92 Å². The van der Waals surface area contributed by atoms with E-state index in [0.717, 1.165) is 0 Å². The van der Waals surface area contributed by atoms with Crippen molar-refractivity contribution in [3.8, 4) is 5.75 Å². The Bertz CT molecular complexity index is 1010. The Balaban J connectivity index is 2.17. The smallest absolute Gasteiger partial charge is 0.342 e. The molecule has 0 bridgehead atoms. The molecule has 0 aliphatic carbocycles. The van der Waals surface area contributed by atoms with Crippen LogP contribution in [-0.4, -0.2) is 60.4 Å². The van der Waals surface area contributed by atoms with Crippen LogP contribution in [0.3, 0.4) is 0 Å². The second kappa shape index (κ2) is 8.59. The first-order chi connectivity index (χ1) is 14.1. The number of aryl methyl sites for hydroxylation is 2. The number of carbonyl (C=O) groups is 1. The summed E-state index contributed by atoms with van der Waals surface area (Å²) in [4.78, 5) is 17.5. The molecule has 0 spiro atoms. The van der Waals surface area contributed by atoms with E-state index in [1.54, 1.807) is 43.7 Å². The molecular formula is C22H28N2O6. The topological polar surface area (TPSA) is 125 Å². The molecule has 30 heavy (non-hydrogen) atoms. The van der Waals surface area contributed by atoms with Gasteiger partial charge in [-0.25, -0.2) is 9.78 Å². The summed E-state index contributed by atoms with van der Waals surface area (Å²) in [7, 11) is 1.80. The molecule has 0 fully saturated rings. The zero-order chi connectivity index (χ0) is 22.2. The molecule has 1 aliphatic heterocycles. The fourth-order valence-electron chi connectivity index (χ4n) is 3.41. The van der Waals surface area contributed by atoms with Crippen LogP contribution in [0.25, 0.3) is 17.1 Å². The number of esters is 1. The number of phenolic OH excluding ortho intramolecular Hbond substituents is 1. The van der Waals surface area contributed by atoms with Crippen LogP contribution in [0.2, 0.25) is 0 Å². The van der Waals surface area contributed by atoms with Crippen molar-refractivity contribution in [3.05, 3.63) is 41.2 Å². The Morgan fingerprint density at radius 1 is 1.20 bits per heavy atom. The van der Waals surface area contributed by atoms with Crippen LogP contribution in [0.4, 0.5) is 0 Å². The van der Waals surface area contributed by atoms with Crippen LogP contribution in [0, 0.1) is 12.8 Å². The van der Waals surface area contributed by atoms with E-state index in [9.17, 15) is 25.2 Å². The van der Waals surface area contributed by atoms with Crippen molar-refractivity contribution in [3.63, 3.8) is 0 Å². The molecular weight excluding hydrogens is 388 g/mol. The lowest BCUT2D eigenvalue weighted by atomic mass is 9.98. The minimum atomic E-state index is -1.38. The van der Waals surface area contributed by atoms with Gasteiger partial charge in [-0.05, 0) is 20.3 Å². The molecule has 1 aliphatic rings. The second-order valence-corrected chi connectivity index (χ2v) is 7.81. The number of nitrogens with zero attached hydrogens (tertiary/aromatic N) is 2. The summed E-state index contributed by atoms with van der Waals surface area (Å²) in [6, 6.07) is 1.48. The Kier molecular flexibility index (Phi) is 6.30. The zero-order valence-electron chi connectivity index (χ0n) is 17.5. The number of phenols is 1. The maximum Gasteiger partial charge on any atom is 0.342 e. The number of aliphatic hydroxyl groups excluding tert-OH is 3. The van der Waals surface area contributed by atoms with E-state index >= 15 is 0 Å². The largest absolute Gasteiger partial charge is 0.507 e. The quantitative estimate of drug-likeness (QED) is 0.381. The van der Waals surface area contributed by atoms with Gasteiger partial charge in [0, 0.05) is 24.6 Å². The molecule has 0 unspecified atom stereocenters. The summed E-state index contributed by atoms with van der Waals surface area (Å²) in [5.74, 6) is -0.500. The number of rotatable bonds is 0. The average molecular weight is 416 g/mol. The first kappa shape index (κ1) is 22.0. The van der Waals surface area contributed by atoms with Gasteiger partial charge in [0.25, 0.3) is 0 Å².